The van der Waals surface area contributed by atoms with Gasteiger partial charge >= 0.3 is 0 Å². The number of aliphatic imine (C=N–C) groups is 1. The number of allylic oxidation sites excluding steroid dienone is 3. The third-order valence-corrected chi connectivity index (χ3v) is 6.24. The van der Waals surface area contributed by atoms with Gasteiger partial charge in [-0.05, 0) is 38.9 Å². The van der Waals surface area contributed by atoms with Crippen molar-refractivity contribution in [2.75, 3.05) is 33.2 Å². The Balaban J connectivity index is 0.00000155. The first-order chi connectivity index (χ1) is 14.6. The van der Waals surface area contributed by atoms with Crippen LogP contribution in [0.15, 0.2) is 63.2 Å². The van der Waals surface area contributed by atoms with E-state index in [-0.39, 0.29) is 17.3 Å². The quantitative estimate of drug-likeness (QED) is 0.517. The minimum absolute atomic E-state index is 0.156. The lowest BCUT2D eigenvalue weighted by Crippen LogP contribution is -2.42. The van der Waals surface area contributed by atoms with Crippen LogP contribution in [0.3, 0.4) is 0 Å². The van der Waals surface area contributed by atoms with Crippen molar-refractivity contribution in [3.63, 3.8) is 0 Å². The molecule has 7 heteroatoms. The third-order valence-electron chi connectivity index (χ3n) is 5.06. The summed E-state index contributed by atoms with van der Waals surface area (Å²) in [5, 5.41) is 3.50. The molecule has 0 saturated carbocycles. The van der Waals surface area contributed by atoms with Gasteiger partial charge in [-0.3, -0.25) is 19.5 Å². The number of thioether (sulfide) groups is 1. The normalized spacial score (nSPS) is 21.7. The zero-order valence-electron chi connectivity index (χ0n) is 18.5. The molecule has 0 bridgehead atoms. The van der Waals surface area contributed by atoms with Gasteiger partial charge in [0.1, 0.15) is 16.4 Å². The van der Waals surface area contributed by atoms with E-state index in [1.165, 1.54) is 24.6 Å². The molecule has 0 aromatic carbocycles. The van der Waals surface area contributed by atoms with Crippen molar-refractivity contribution in [1.29, 1.82) is 0 Å². The summed E-state index contributed by atoms with van der Waals surface area (Å²) in [7, 11) is 1.64. The summed E-state index contributed by atoms with van der Waals surface area (Å²) in [4.78, 5) is 35.4. The van der Waals surface area contributed by atoms with E-state index in [0.717, 1.165) is 30.2 Å². The number of ketones is 1. The van der Waals surface area contributed by atoms with Crippen LogP contribution < -0.4 is 5.32 Å². The van der Waals surface area contributed by atoms with Crippen molar-refractivity contribution in [2.24, 2.45) is 4.99 Å². The first kappa shape index (κ1) is 23.9. The monoisotopic (exact) mass is 428 g/mol. The summed E-state index contributed by atoms with van der Waals surface area (Å²) < 4.78 is 0. The Labute approximate surface area is 184 Å². The minimum atomic E-state index is -0.347. The van der Waals surface area contributed by atoms with Crippen molar-refractivity contribution < 1.29 is 9.59 Å². The predicted molar refractivity (Wildman–Crippen MR) is 126 cm³/mol. The van der Waals surface area contributed by atoms with E-state index >= 15 is 0 Å². The summed E-state index contributed by atoms with van der Waals surface area (Å²) >= 11 is 1.35. The molecule has 3 aliphatic rings. The van der Waals surface area contributed by atoms with Crippen LogP contribution in [0.4, 0.5) is 0 Å². The number of carbonyl (C=O) groups is 2. The Morgan fingerprint density at radius 2 is 1.90 bits per heavy atom. The summed E-state index contributed by atoms with van der Waals surface area (Å²) in [6.07, 6.45) is 7.53. The molecule has 1 N–H and O–H groups in total. The van der Waals surface area contributed by atoms with Crippen LogP contribution in [0.25, 0.3) is 0 Å². The Bertz CT molecular complexity index is 845. The molecule has 0 atom stereocenters. The SMILES string of the molecule is C=CC1=C(C=C)N2C(=NC)/C(=C\C)C(=O)C(C(=O)NCCN3CCCC3)=C2S1.CC. The van der Waals surface area contributed by atoms with Gasteiger partial charge in [0, 0.05) is 25.0 Å². The summed E-state index contributed by atoms with van der Waals surface area (Å²) in [6, 6.07) is 0. The van der Waals surface area contributed by atoms with E-state index in [1.807, 2.05) is 18.7 Å². The Morgan fingerprint density at radius 1 is 1.23 bits per heavy atom. The van der Waals surface area contributed by atoms with E-state index in [9.17, 15) is 9.59 Å². The molecule has 3 heterocycles. The Morgan fingerprint density at radius 3 is 2.43 bits per heavy atom. The zero-order valence-corrected chi connectivity index (χ0v) is 19.3. The first-order valence-electron chi connectivity index (χ1n) is 10.5. The number of carbonyl (C=O) groups excluding carboxylic acids is 2. The molecule has 3 aliphatic heterocycles. The number of nitrogens with one attached hydrogen (secondary N) is 1. The second-order valence-corrected chi connectivity index (χ2v) is 7.69. The maximum atomic E-state index is 13.1. The van der Waals surface area contributed by atoms with Crippen molar-refractivity contribution in [3.05, 3.63) is 58.2 Å². The number of hydrogen-bond donors (Lipinski definition) is 1. The van der Waals surface area contributed by atoms with Crippen molar-refractivity contribution in [3.8, 4) is 0 Å². The molecule has 30 heavy (non-hydrogen) atoms. The van der Waals surface area contributed by atoms with Gasteiger partial charge in [0.15, 0.2) is 0 Å². The number of amides is 1. The van der Waals surface area contributed by atoms with Crippen LogP contribution >= 0.6 is 11.8 Å². The predicted octanol–water partition coefficient (Wildman–Crippen LogP) is 3.63. The number of amidine groups is 1. The molecule has 1 amide bonds. The van der Waals surface area contributed by atoms with Gasteiger partial charge in [0.05, 0.1) is 11.3 Å². The van der Waals surface area contributed by atoms with Crippen LogP contribution in [-0.2, 0) is 9.59 Å². The van der Waals surface area contributed by atoms with E-state index in [4.69, 9.17) is 0 Å². The van der Waals surface area contributed by atoms with Crippen molar-refractivity contribution in [2.45, 2.75) is 33.6 Å². The molecule has 6 nitrogen and oxygen atoms in total. The number of fused-ring (bicyclic) bond motifs is 1. The standard InChI is InChI=1S/C21H26N4O2S.C2H6/c1-5-14-18(26)17(20(27)23-10-13-24-11-8-9-12-24)21-25(19(14)22-4)15(6-2)16(7-3)28-21;1-2/h5-7H,2-3,8-13H2,1,4H3,(H,23,27);1-2H3/b14-5-,22-19?;. The first-order valence-corrected chi connectivity index (χ1v) is 11.3. The van der Waals surface area contributed by atoms with E-state index in [2.05, 4.69) is 28.4 Å². The van der Waals surface area contributed by atoms with Gasteiger partial charge in [-0.2, -0.15) is 0 Å². The maximum absolute atomic E-state index is 13.1. The smallest absolute Gasteiger partial charge is 0.258 e. The highest BCUT2D eigenvalue weighted by atomic mass is 32.2. The highest BCUT2D eigenvalue weighted by Gasteiger charge is 2.43. The van der Waals surface area contributed by atoms with Crippen LogP contribution in [0.5, 0.6) is 0 Å². The van der Waals surface area contributed by atoms with Crippen molar-refractivity contribution in [1.82, 2.24) is 15.1 Å². The van der Waals surface area contributed by atoms with Crippen molar-refractivity contribution >= 4 is 29.3 Å². The molecular formula is C23H32N4O2S. The van der Waals surface area contributed by atoms with Gasteiger partial charge in [0.25, 0.3) is 5.91 Å². The van der Waals surface area contributed by atoms with Gasteiger partial charge in [0.2, 0.25) is 5.78 Å². The third kappa shape index (κ3) is 4.52. The molecular weight excluding hydrogens is 396 g/mol. The molecule has 0 spiro atoms. The average molecular weight is 429 g/mol. The number of hydrogen-bond acceptors (Lipinski definition) is 5. The highest BCUT2D eigenvalue weighted by Crippen LogP contribution is 2.47. The van der Waals surface area contributed by atoms with E-state index < -0.39 is 0 Å². The van der Waals surface area contributed by atoms with Gasteiger partial charge in [-0.15, -0.1) is 0 Å². The lowest BCUT2D eigenvalue weighted by atomic mass is 9.97. The molecule has 3 rings (SSSR count). The van der Waals surface area contributed by atoms with Crippen LogP contribution in [0, 0.1) is 0 Å². The molecule has 1 fully saturated rings. The second kappa shape index (κ2) is 11.1. The molecule has 0 aliphatic carbocycles. The number of nitrogens with zero attached hydrogens (tertiary/aromatic N) is 3. The summed E-state index contributed by atoms with van der Waals surface area (Å²) in [5.74, 6) is -0.121. The molecule has 0 aromatic heterocycles. The Hall–Kier alpha value is -2.38. The fourth-order valence-electron chi connectivity index (χ4n) is 3.69. The number of Topliss-reactive ketones (excluding diaryl/α,β-unsaturated/α-hetero) is 1. The lowest BCUT2D eigenvalue weighted by molar-refractivity contribution is -0.121. The van der Waals surface area contributed by atoms with Gasteiger partial charge in [-0.1, -0.05) is 50.9 Å². The lowest BCUT2D eigenvalue weighted by Gasteiger charge is -2.30. The minimum Gasteiger partial charge on any atom is -0.351 e. The van der Waals surface area contributed by atoms with Crippen LogP contribution in [-0.4, -0.2) is 60.6 Å². The summed E-state index contributed by atoms with van der Waals surface area (Å²) in [6.45, 7) is 17.0. The molecule has 1 saturated heterocycles. The van der Waals surface area contributed by atoms with Gasteiger partial charge < -0.3 is 10.2 Å². The molecule has 0 radical (unpaired) electrons. The zero-order chi connectivity index (χ0) is 22.3. The fourth-order valence-corrected chi connectivity index (χ4v) is 4.82. The van der Waals surface area contributed by atoms with Crippen LogP contribution in [0.2, 0.25) is 0 Å². The molecule has 0 unspecified atom stereocenters. The second-order valence-electron chi connectivity index (χ2n) is 6.66. The largest absolute Gasteiger partial charge is 0.351 e. The maximum Gasteiger partial charge on any atom is 0.258 e. The molecule has 162 valence electrons. The Kier molecular flexibility index (Phi) is 8.87. The van der Waals surface area contributed by atoms with E-state index in [0.29, 0.717) is 23.0 Å². The average Bonchev–Trinajstić information content (AvgIpc) is 3.41. The van der Waals surface area contributed by atoms with Gasteiger partial charge in [-0.25, -0.2) is 0 Å². The summed E-state index contributed by atoms with van der Waals surface area (Å²) in [5.41, 5.74) is 1.36. The number of rotatable bonds is 6. The topological polar surface area (TPSA) is 65.0 Å². The van der Waals surface area contributed by atoms with Crippen LogP contribution in [0.1, 0.15) is 33.6 Å². The molecule has 0 aromatic rings. The highest BCUT2D eigenvalue weighted by molar-refractivity contribution is 8.07. The van der Waals surface area contributed by atoms with E-state index in [1.54, 1.807) is 32.2 Å². The number of likely N-dealkylation sites (tertiary alicyclic amines) is 1. The fraction of sp³-hybridized carbons (Fsp3) is 0.435.